The van der Waals surface area contributed by atoms with E-state index in [2.05, 4.69) is 35.5 Å². The average molecular weight is 882 g/mol. The molecule has 4 amide bonds. The van der Waals surface area contributed by atoms with Crippen LogP contribution in [0.4, 0.5) is 4.39 Å². The highest BCUT2D eigenvalue weighted by Gasteiger charge is 2.17. The number of rotatable bonds is 27. The first-order valence-electron chi connectivity index (χ1n) is 21.2. The third-order valence-corrected chi connectivity index (χ3v) is 8.10. The molecule has 0 aliphatic carbocycles. The lowest BCUT2D eigenvalue weighted by Crippen LogP contribution is -2.37. The molecule has 0 aromatic heterocycles. The van der Waals surface area contributed by atoms with Crippen LogP contribution in [0.25, 0.3) is 0 Å². The monoisotopic (exact) mass is 882 g/mol. The van der Waals surface area contributed by atoms with Crippen molar-refractivity contribution in [2.75, 3.05) is 19.3 Å². The van der Waals surface area contributed by atoms with E-state index in [0.717, 1.165) is 76.1 Å². The maximum atomic E-state index is 12.7. The van der Waals surface area contributed by atoms with Crippen LogP contribution >= 0.6 is 8.30 Å². The van der Waals surface area contributed by atoms with Crippen molar-refractivity contribution in [1.29, 1.82) is 0 Å². The molecule has 0 aliphatic heterocycles. The highest BCUT2D eigenvalue weighted by atomic mass is 31.2. The minimum Gasteiger partial charge on any atom is -0.481 e. The first-order chi connectivity index (χ1) is 28.6. The molecule has 11 N–H and O–H groups in total. The molecule has 18 heteroatoms. The van der Waals surface area contributed by atoms with Crippen molar-refractivity contribution in [2.24, 2.45) is 11.2 Å². The zero-order chi connectivity index (χ0) is 47.4. The first-order valence-corrected chi connectivity index (χ1v) is 22.7. The predicted molar refractivity (Wildman–Crippen MR) is 239 cm³/mol. The Hall–Kier alpha value is -4.21. The van der Waals surface area contributed by atoms with Crippen LogP contribution < -0.4 is 27.2 Å². The summed E-state index contributed by atoms with van der Waals surface area (Å²) in [5.41, 5.74) is 10.4. The lowest BCUT2D eigenvalue weighted by molar-refractivity contribution is -0.141. The summed E-state index contributed by atoms with van der Waals surface area (Å²) in [6, 6.07) is 5.67. The molecule has 2 atom stereocenters. The van der Waals surface area contributed by atoms with E-state index >= 15 is 0 Å². The van der Waals surface area contributed by atoms with Crippen molar-refractivity contribution < 1.29 is 58.2 Å². The number of nitrogens with two attached hydrogens (primary N) is 2. The number of halogens is 1. The van der Waals surface area contributed by atoms with E-state index in [1.165, 1.54) is 31.4 Å². The summed E-state index contributed by atoms with van der Waals surface area (Å²) >= 11 is 0. The van der Waals surface area contributed by atoms with Crippen LogP contribution in [0.2, 0.25) is 0 Å². The summed E-state index contributed by atoms with van der Waals surface area (Å²) in [4.78, 5) is 80.2. The van der Waals surface area contributed by atoms with Crippen LogP contribution in [0.1, 0.15) is 163 Å². The summed E-state index contributed by atoms with van der Waals surface area (Å²) in [5, 5.41) is 32.6. The zero-order valence-electron chi connectivity index (χ0n) is 37.5. The molecule has 0 saturated heterocycles. The average Bonchev–Trinajstić information content (AvgIpc) is 3.21. The number of aryl methyl sites for hydroxylation is 1. The summed E-state index contributed by atoms with van der Waals surface area (Å²) < 4.78 is 12.7. The van der Waals surface area contributed by atoms with Crippen LogP contribution in [0.5, 0.6) is 0 Å². The first kappa shape index (κ1) is 67.6. The van der Waals surface area contributed by atoms with Gasteiger partial charge in [-0.2, -0.15) is 0 Å². The second-order valence-electron chi connectivity index (χ2n) is 12.3. The van der Waals surface area contributed by atoms with E-state index in [1.54, 1.807) is 0 Å². The van der Waals surface area contributed by atoms with Gasteiger partial charge >= 0.3 is 17.9 Å². The Kier molecular flexibility index (Phi) is 64.1. The topological polar surface area (TPSA) is 289 Å². The van der Waals surface area contributed by atoms with Gasteiger partial charge in [-0.1, -0.05) is 99.1 Å². The van der Waals surface area contributed by atoms with E-state index in [0.29, 0.717) is 19.4 Å². The molecule has 0 heterocycles. The Morgan fingerprint density at radius 3 is 1.53 bits per heavy atom. The Morgan fingerprint density at radius 1 is 0.683 bits per heavy atom. The van der Waals surface area contributed by atoms with Crippen molar-refractivity contribution in [2.45, 2.75) is 170 Å². The standard InChI is InChI=1S/C18H28FNO.C11H20N2O4.C5H8O4.C3H10NOP.2C2H6.CH3NO/c1-2-3-4-8-15-20-18(21)10-7-5-6-9-16-11-13-17(19)14-12-16;1-2-3-4-7-12-10(15)6-5-9(11(16)17)13-8-14;6-4(7)2-1-3-5(8)9;1-2-3-6(4)5;2*1-2;2-1-3/h11-14H,2-10,15H2,1H3,(H,20,21);8-9H,2-7H2,1H3,(H,12,15)(H,13,14)(H,16,17);1-3H2,(H,6,7)(H,8,9);5H,2-4H2,1H3;2*1-2H3;1H,(H2,2,3). The Balaban J connectivity index is -0.000000166. The van der Waals surface area contributed by atoms with Crippen LogP contribution in [0.15, 0.2) is 24.3 Å². The molecule has 0 bridgehead atoms. The molecular weight excluding hydrogens is 800 g/mol. The molecule has 2 unspecified atom stereocenters. The number of amides is 4. The third-order valence-electron chi connectivity index (χ3n) is 7.20. The van der Waals surface area contributed by atoms with Gasteiger partial charge in [-0.15, -0.1) is 0 Å². The molecular formula is C42H81FN5O11P. The molecule has 1 aromatic carbocycles. The number of benzene rings is 1. The van der Waals surface area contributed by atoms with Gasteiger partial charge in [0, 0.05) is 44.9 Å². The van der Waals surface area contributed by atoms with Gasteiger partial charge in [-0.05, 0) is 69.1 Å². The van der Waals surface area contributed by atoms with E-state index in [4.69, 9.17) is 30.5 Å². The lowest BCUT2D eigenvalue weighted by Gasteiger charge is -2.10. The number of primary amides is 1. The Morgan fingerprint density at radius 2 is 1.13 bits per heavy atom. The van der Waals surface area contributed by atoms with Gasteiger partial charge in [-0.25, -0.2) is 9.18 Å². The predicted octanol–water partition coefficient (Wildman–Crippen LogP) is 7.04. The van der Waals surface area contributed by atoms with Crippen LogP contribution in [0.3, 0.4) is 0 Å². The van der Waals surface area contributed by atoms with Crippen molar-refractivity contribution in [3.63, 3.8) is 0 Å². The summed E-state index contributed by atoms with van der Waals surface area (Å²) in [7, 11) is -1.10. The summed E-state index contributed by atoms with van der Waals surface area (Å²) in [5.74, 6) is -3.22. The van der Waals surface area contributed by atoms with Gasteiger partial charge in [0.15, 0.2) is 0 Å². The van der Waals surface area contributed by atoms with E-state index in [9.17, 15) is 33.2 Å². The van der Waals surface area contributed by atoms with Crippen molar-refractivity contribution >= 4 is 50.8 Å². The molecule has 1 rings (SSSR count). The van der Waals surface area contributed by atoms with Gasteiger partial charge in [0.05, 0.1) is 8.30 Å². The van der Waals surface area contributed by atoms with Gasteiger partial charge in [-0.3, -0.25) is 34.3 Å². The van der Waals surface area contributed by atoms with Gasteiger partial charge in [0.2, 0.25) is 24.6 Å². The van der Waals surface area contributed by atoms with E-state index in [-0.39, 0.29) is 56.1 Å². The summed E-state index contributed by atoms with van der Waals surface area (Å²) in [6.07, 6.45) is 15.1. The van der Waals surface area contributed by atoms with Crippen LogP contribution in [0, 0.1) is 5.82 Å². The molecule has 352 valence electrons. The minimum atomic E-state index is -1.13. The molecule has 60 heavy (non-hydrogen) atoms. The molecule has 0 saturated carbocycles. The Bertz CT molecular complexity index is 1140. The van der Waals surface area contributed by atoms with Crippen molar-refractivity contribution in [3.05, 3.63) is 35.6 Å². The number of carboxylic acid groups (broad SMARTS) is 3. The van der Waals surface area contributed by atoms with Gasteiger partial charge in [0.25, 0.3) is 0 Å². The SMILES string of the molecule is CC.CC.CCCCCCNC(=O)CCCCCc1ccc(F)cc1.CCCCCNC(=O)CCC(NC=O)C(=O)O.CCCP(N)O.NC=O.O=C(O)CCCC(=O)O. The van der Waals surface area contributed by atoms with Crippen LogP contribution in [-0.4, -0.2) is 88.0 Å². The highest BCUT2D eigenvalue weighted by molar-refractivity contribution is 7.48. The van der Waals surface area contributed by atoms with Gasteiger partial charge < -0.3 is 41.9 Å². The van der Waals surface area contributed by atoms with E-state index < -0.39 is 32.2 Å². The number of nitrogens with one attached hydrogen (secondary N) is 3. The van der Waals surface area contributed by atoms with E-state index in [1.807, 2.05) is 46.8 Å². The fourth-order valence-corrected chi connectivity index (χ4v) is 4.72. The largest absolute Gasteiger partial charge is 0.481 e. The number of carbonyl (C=O) groups excluding carboxylic acids is 4. The number of aliphatic carboxylic acids is 3. The second kappa shape index (κ2) is 56.9. The fourth-order valence-electron chi connectivity index (χ4n) is 4.26. The number of carbonyl (C=O) groups is 7. The highest BCUT2D eigenvalue weighted by Crippen LogP contribution is 2.17. The maximum absolute atomic E-state index is 12.7. The second-order valence-corrected chi connectivity index (χ2v) is 13.6. The fraction of sp³-hybridized carbons (Fsp3) is 0.690. The smallest absolute Gasteiger partial charge is 0.326 e. The van der Waals surface area contributed by atoms with Gasteiger partial charge in [0.1, 0.15) is 11.9 Å². The normalized spacial score (nSPS) is 10.2. The quantitative estimate of drug-likeness (QED) is 0.0244. The number of hydrogen-bond acceptors (Lipinski definition) is 9. The third kappa shape index (κ3) is 65.6. The summed E-state index contributed by atoms with van der Waals surface area (Å²) in [6.45, 7) is 15.7. The van der Waals surface area contributed by atoms with Crippen molar-refractivity contribution in [3.8, 4) is 0 Å². The molecule has 0 spiro atoms. The molecule has 0 fully saturated rings. The molecule has 0 aliphatic rings. The van der Waals surface area contributed by atoms with Crippen molar-refractivity contribution in [1.82, 2.24) is 16.0 Å². The number of unbranched alkanes of at least 4 members (excludes halogenated alkanes) is 7. The molecule has 1 aromatic rings. The van der Waals surface area contributed by atoms with Crippen LogP contribution in [-0.2, 0) is 40.0 Å². The minimum absolute atomic E-state index is 0.0632. The lowest BCUT2D eigenvalue weighted by atomic mass is 10.1. The molecule has 0 radical (unpaired) electrons. The number of carboxylic acids is 3. The zero-order valence-corrected chi connectivity index (χ0v) is 38.4. The Labute approximate surface area is 360 Å². The number of hydrogen-bond donors (Lipinski definition) is 9. The molecule has 16 nitrogen and oxygen atoms in total. The maximum Gasteiger partial charge on any atom is 0.326 e.